The van der Waals surface area contributed by atoms with E-state index in [0.717, 1.165) is 17.7 Å². The molecule has 1 unspecified atom stereocenters. The summed E-state index contributed by atoms with van der Waals surface area (Å²) >= 11 is 0. The molecule has 0 radical (unpaired) electrons. The monoisotopic (exact) mass is 232 g/mol. The minimum atomic E-state index is -0.840. The maximum Gasteiger partial charge on any atom is 0.326 e. The van der Waals surface area contributed by atoms with E-state index in [1.54, 1.807) is 12.1 Å². The van der Waals surface area contributed by atoms with E-state index in [0.29, 0.717) is 12.8 Å². The van der Waals surface area contributed by atoms with Gasteiger partial charge in [-0.05, 0) is 24.1 Å². The van der Waals surface area contributed by atoms with Crippen molar-refractivity contribution in [1.29, 1.82) is 5.26 Å². The topological polar surface area (TPSA) is 73.1 Å². The Morgan fingerprint density at radius 3 is 2.59 bits per heavy atom. The smallest absolute Gasteiger partial charge is 0.326 e. The summed E-state index contributed by atoms with van der Waals surface area (Å²) < 4.78 is 0. The van der Waals surface area contributed by atoms with Crippen LogP contribution in [-0.4, -0.2) is 17.1 Å². The summed E-state index contributed by atoms with van der Waals surface area (Å²) in [5.74, 6) is -0.840. The number of anilines is 1. The van der Waals surface area contributed by atoms with Crippen LogP contribution in [0.4, 0.5) is 5.69 Å². The summed E-state index contributed by atoms with van der Waals surface area (Å²) in [5, 5.41) is 20.5. The van der Waals surface area contributed by atoms with Crippen molar-refractivity contribution in [3.63, 3.8) is 0 Å². The van der Waals surface area contributed by atoms with Gasteiger partial charge in [-0.3, -0.25) is 0 Å². The van der Waals surface area contributed by atoms with Gasteiger partial charge in [-0.15, -0.1) is 0 Å². The highest BCUT2D eigenvalue weighted by Gasteiger charge is 2.15. The summed E-state index contributed by atoms with van der Waals surface area (Å²) in [7, 11) is 0. The van der Waals surface area contributed by atoms with Gasteiger partial charge in [0.25, 0.3) is 0 Å². The molecule has 4 nitrogen and oxygen atoms in total. The quantitative estimate of drug-likeness (QED) is 0.790. The Morgan fingerprint density at radius 2 is 2.12 bits per heavy atom. The number of benzene rings is 1. The summed E-state index contributed by atoms with van der Waals surface area (Å²) in [4.78, 5) is 11.0. The lowest BCUT2D eigenvalue weighted by atomic mass is 10.1. The largest absolute Gasteiger partial charge is 0.480 e. The predicted octanol–water partition coefficient (Wildman–Crippen LogP) is 2.42. The first-order valence-electron chi connectivity index (χ1n) is 5.62. The molecule has 0 heterocycles. The number of aliphatic carboxylic acids is 1. The van der Waals surface area contributed by atoms with E-state index >= 15 is 0 Å². The first-order valence-corrected chi connectivity index (χ1v) is 5.62. The van der Waals surface area contributed by atoms with Crippen molar-refractivity contribution in [2.24, 2.45) is 0 Å². The van der Waals surface area contributed by atoms with Crippen LogP contribution in [-0.2, 0) is 11.2 Å². The number of rotatable bonds is 6. The second kappa shape index (κ2) is 6.54. The second-order valence-electron chi connectivity index (χ2n) is 3.86. The number of nitrogens with zero attached hydrogens (tertiary/aromatic N) is 1. The molecule has 0 aliphatic carbocycles. The van der Waals surface area contributed by atoms with Crippen molar-refractivity contribution in [2.75, 3.05) is 5.32 Å². The van der Waals surface area contributed by atoms with Gasteiger partial charge < -0.3 is 10.4 Å². The van der Waals surface area contributed by atoms with Gasteiger partial charge in [0, 0.05) is 5.69 Å². The highest BCUT2D eigenvalue weighted by molar-refractivity contribution is 5.77. The predicted molar refractivity (Wildman–Crippen MR) is 65.7 cm³/mol. The average Bonchev–Trinajstić information content (AvgIpc) is 2.31. The molecule has 0 amide bonds. The van der Waals surface area contributed by atoms with Gasteiger partial charge in [-0.1, -0.05) is 25.5 Å². The van der Waals surface area contributed by atoms with Gasteiger partial charge in [-0.2, -0.15) is 5.26 Å². The Hall–Kier alpha value is -2.02. The zero-order valence-electron chi connectivity index (χ0n) is 9.81. The minimum Gasteiger partial charge on any atom is -0.480 e. The Balaban J connectivity index is 2.67. The van der Waals surface area contributed by atoms with Gasteiger partial charge >= 0.3 is 5.97 Å². The molecule has 1 aromatic carbocycles. The van der Waals surface area contributed by atoms with Crippen LogP contribution in [0.25, 0.3) is 0 Å². The molecule has 1 aromatic rings. The first kappa shape index (κ1) is 13.0. The molecule has 2 N–H and O–H groups in total. The van der Waals surface area contributed by atoms with Gasteiger partial charge in [0.1, 0.15) is 6.04 Å². The summed E-state index contributed by atoms with van der Waals surface area (Å²) in [6.45, 7) is 1.95. The number of carboxylic acid groups (broad SMARTS) is 1. The maximum absolute atomic E-state index is 11.0. The Bertz CT molecular complexity index is 406. The fraction of sp³-hybridized carbons (Fsp3) is 0.385. The number of hydrogen-bond donors (Lipinski definition) is 2. The Morgan fingerprint density at radius 1 is 1.47 bits per heavy atom. The van der Waals surface area contributed by atoms with E-state index < -0.39 is 12.0 Å². The van der Waals surface area contributed by atoms with E-state index in [4.69, 9.17) is 10.4 Å². The van der Waals surface area contributed by atoms with E-state index in [1.807, 2.05) is 19.1 Å². The number of hydrogen-bond acceptors (Lipinski definition) is 3. The standard InChI is InChI=1S/C13H16N2O2/c1-2-3-12(13(16)17)15-11-6-4-10(5-7-11)8-9-14/h4-7,12,15H,2-3,8H2,1H3,(H,16,17). The molecular formula is C13H16N2O2. The summed E-state index contributed by atoms with van der Waals surface area (Å²) in [6.07, 6.45) is 1.78. The van der Waals surface area contributed by atoms with Crippen LogP contribution in [0.1, 0.15) is 25.3 Å². The minimum absolute atomic E-state index is 0.373. The molecule has 0 saturated heterocycles. The van der Waals surface area contributed by atoms with E-state index in [-0.39, 0.29) is 0 Å². The molecule has 90 valence electrons. The van der Waals surface area contributed by atoms with Gasteiger partial charge in [0.2, 0.25) is 0 Å². The molecule has 1 atom stereocenters. The molecule has 1 rings (SSSR count). The summed E-state index contributed by atoms with van der Waals surface area (Å²) in [6, 6.07) is 8.78. The maximum atomic E-state index is 11.0. The average molecular weight is 232 g/mol. The van der Waals surface area contributed by atoms with Crippen molar-refractivity contribution in [2.45, 2.75) is 32.2 Å². The fourth-order valence-corrected chi connectivity index (χ4v) is 1.56. The third-order valence-corrected chi connectivity index (χ3v) is 2.45. The lowest BCUT2D eigenvalue weighted by Gasteiger charge is -2.14. The molecule has 4 heteroatoms. The van der Waals surface area contributed by atoms with Gasteiger partial charge in [0.15, 0.2) is 0 Å². The first-order chi connectivity index (χ1) is 8.17. The van der Waals surface area contributed by atoms with Crippen LogP contribution >= 0.6 is 0 Å². The number of carboxylic acids is 1. The van der Waals surface area contributed by atoms with E-state index in [9.17, 15) is 4.79 Å². The van der Waals surface area contributed by atoms with Crippen LogP contribution in [0.3, 0.4) is 0 Å². The van der Waals surface area contributed by atoms with Crippen molar-refractivity contribution < 1.29 is 9.90 Å². The molecule has 0 aromatic heterocycles. The van der Waals surface area contributed by atoms with Crippen LogP contribution < -0.4 is 5.32 Å². The van der Waals surface area contributed by atoms with Crippen molar-refractivity contribution in [3.05, 3.63) is 29.8 Å². The lowest BCUT2D eigenvalue weighted by Crippen LogP contribution is -2.28. The number of carbonyl (C=O) groups is 1. The SMILES string of the molecule is CCCC(Nc1ccc(CC#N)cc1)C(=O)O. The van der Waals surface area contributed by atoms with Crippen LogP contribution in [0.15, 0.2) is 24.3 Å². The van der Waals surface area contributed by atoms with Gasteiger partial charge in [-0.25, -0.2) is 4.79 Å². The normalized spacial score (nSPS) is 11.5. The second-order valence-corrected chi connectivity index (χ2v) is 3.86. The van der Waals surface area contributed by atoms with E-state index in [1.165, 1.54) is 0 Å². The highest BCUT2D eigenvalue weighted by atomic mass is 16.4. The Kier molecular flexibility index (Phi) is 5.02. The van der Waals surface area contributed by atoms with Crippen molar-refractivity contribution in [3.8, 4) is 6.07 Å². The summed E-state index contributed by atoms with van der Waals surface area (Å²) in [5.41, 5.74) is 1.70. The Labute approximate surface area is 101 Å². The molecule has 0 fully saturated rings. The zero-order chi connectivity index (χ0) is 12.7. The zero-order valence-corrected chi connectivity index (χ0v) is 9.81. The van der Waals surface area contributed by atoms with E-state index in [2.05, 4.69) is 11.4 Å². The fourth-order valence-electron chi connectivity index (χ4n) is 1.56. The molecule has 0 aliphatic heterocycles. The molecule has 0 bridgehead atoms. The van der Waals surface area contributed by atoms with Crippen LogP contribution in [0, 0.1) is 11.3 Å². The molecule has 17 heavy (non-hydrogen) atoms. The van der Waals surface area contributed by atoms with Crippen LogP contribution in [0.2, 0.25) is 0 Å². The highest BCUT2D eigenvalue weighted by Crippen LogP contribution is 2.13. The van der Waals surface area contributed by atoms with Crippen LogP contribution in [0.5, 0.6) is 0 Å². The molecule has 0 saturated carbocycles. The third kappa shape index (κ3) is 4.15. The third-order valence-electron chi connectivity index (χ3n) is 2.45. The number of nitrogens with one attached hydrogen (secondary N) is 1. The van der Waals surface area contributed by atoms with Crippen molar-refractivity contribution in [1.82, 2.24) is 0 Å². The van der Waals surface area contributed by atoms with Crippen molar-refractivity contribution >= 4 is 11.7 Å². The molecule has 0 aliphatic rings. The molecular weight excluding hydrogens is 216 g/mol. The molecule has 0 spiro atoms. The lowest BCUT2D eigenvalue weighted by molar-refractivity contribution is -0.138. The van der Waals surface area contributed by atoms with Gasteiger partial charge in [0.05, 0.1) is 12.5 Å². The number of nitriles is 1.